The molecule has 0 radical (unpaired) electrons. The Bertz CT molecular complexity index is 954. The molecule has 6 heteroatoms. The summed E-state index contributed by atoms with van der Waals surface area (Å²) >= 11 is 18.0. The van der Waals surface area contributed by atoms with E-state index in [1.54, 1.807) is 30.3 Å². The number of aryl methyl sites for hydroxylation is 1. The van der Waals surface area contributed by atoms with E-state index in [9.17, 15) is 9.90 Å². The van der Waals surface area contributed by atoms with Crippen LogP contribution in [0.4, 0.5) is 0 Å². The largest absolute Gasteiger partial charge is 0.478 e. The van der Waals surface area contributed by atoms with Crippen molar-refractivity contribution in [1.29, 1.82) is 0 Å². The maximum Gasteiger partial charge on any atom is 0.336 e. The average Bonchev–Trinajstić information content (AvgIpc) is 2.49. The summed E-state index contributed by atoms with van der Waals surface area (Å²) in [6.07, 6.45) is 0. The summed E-state index contributed by atoms with van der Waals surface area (Å²) in [4.78, 5) is 16.2. The van der Waals surface area contributed by atoms with Gasteiger partial charge in [-0.15, -0.1) is 0 Å². The van der Waals surface area contributed by atoms with Crippen LogP contribution in [-0.4, -0.2) is 16.1 Å². The normalized spacial score (nSPS) is 11.0. The minimum Gasteiger partial charge on any atom is -0.478 e. The summed E-state index contributed by atoms with van der Waals surface area (Å²) in [5.74, 6) is -1.04. The average molecular weight is 367 g/mol. The Balaban J connectivity index is 2.34. The molecule has 3 aromatic rings. The fourth-order valence-electron chi connectivity index (χ4n) is 2.44. The minimum absolute atomic E-state index is 0.140. The van der Waals surface area contributed by atoms with E-state index in [0.717, 1.165) is 5.56 Å². The Kier molecular flexibility index (Phi) is 4.19. The van der Waals surface area contributed by atoms with Gasteiger partial charge in [-0.25, -0.2) is 9.78 Å². The van der Waals surface area contributed by atoms with Crippen molar-refractivity contribution in [2.45, 2.75) is 6.92 Å². The summed E-state index contributed by atoms with van der Waals surface area (Å²) in [7, 11) is 0. The number of rotatable bonds is 2. The summed E-state index contributed by atoms with van der Waals surface area (Å²) in [5, 5.41) is 11.3. The van der Waals surface area contributed by atoms with Crippen molar-refractivity contribution in [3.05, 3.63) is 62.6 Å². The number of halogens is 3. The van der Waals surface area contributed by atoms with Gasteiger partial charge in [0.15, 0.2) is 0 Å². The molecule has 0 saturated carbocycles. The molecule has 1 heterocycles. The minimum atomic E-state index is -1.04. The van der Waals surface area contributed by atoms with E-state index in [2.05, 4.69) is 4.98 Å². The molecule has 0 spiro atoms. The number of fused-ring (bicyclic) bond motifs is 1. The molecular weight excluding hydrogens is 357 g/mol. The van der Waals surface area contributed by atoms with Crippen LogP contribution in [0.3, 0.4) is 0 Å². The van der Waals surface area contributed by atoms with Crippen LogP contribution in [0.15, 0.2) is 36.4 Å². The number of hydrogen-bond donors (Lipinski definition) is 1. The summed E-state index contributed by atoms with van der Waals surface area (Å²) in [5.41, 5.74) is 2.74. The first kappa shape index (κ1) is 16.1. The standard InChI is InChI=1S/C17H10Cl3NO2/c1-8-4-10(18)6-11-12(17(22)23)7-15(21-16(8)11)9-2-3-13(19)14(20)5-9/h2-7H,1H3,(H,22,23). The number of hydrogen-bond acceptors (Lipinski definition) is 2. The summed E-state index contributed by atoms with van der Waals surface area (Å²) in [6, 6.07) is 9.94. The van der Waals surface area contributed by atoms with Gasteiger partial charge >= 0.3 is 5.97 Å². The van der Waals surface area contributed by atoms with Crippen molar-refractivity contribution in [1.82, 2.24) is 4.98 Å². The fourth-order valence-corrected chi connectivity index (χ4v) is 3.01. The predicted molar refractivity (Wildman–Crippen MR) is 93.9 cm³/mol. The van der Waals surface area contributed by atoms with Crippen LogP contribution >= 0.6 is 34.8 Å². The topological polar surface area (TPSA) is 50.2 Å². The maximum absolute atomic E-state index is 11.6. The molecule has 0 atom stereocenters. The van der Waals surface area contributed by atoms with Crippen LogP contribution in [0, 0.1) is 6.92 Å². The molecule has 1 aromatic heterocycles. The van der Waals surface area contributed by atoms with Gasteiger partial charge in [-0.2, -0.15) is 0 Å². The second-order valence-electron chi connectivity index (χ2n) is 5.11. The van der Waals surface area contributed by atoms with E-state index in [0.29, 0.717) is 37.2 Å². The molecule has 3 rings (SSSR count). The van der Waals surface area contributed by atoms with Crippen molar-refractivity contribution in [2.24, 2.45) is 0 Å². The van der Waals surface area contributed by atoms with Crippen molar-refractivity contribution >= 4 is 51.7 Å². The smallest absolute Gasteiger partial charge is 0.336 e. The molecule has 23 heavy (non-hydrogen) atoms. The summed E-state index contributed by atoms with van der Waals surface area (Å²) in [6.45, 7) is 1.84. The monoisotopic (exact) mass is 365 g/mol. The number of aromatic nitrogens is 1. The number of benzene rings is 2. The highest BCUT2D eigenvalue weighted by Gasteiger charge is 2.15. The number of nitrogens with zero attached hydrogens (tertiary/aromatic N) is 1. The van der Waals surface area contributed by atoms with Crippen molar-refractivity contribution in [3.8, 4) is 11.3 Å². The lowest BCUT2D eigenvalue weighted by Gasteiger charge is -2.10. The van der Waals surface area contributed by atoms with Gasteiger partial charge in [-0.05, 0) is 42.8 Å². The highest BCUT2D eigenvalue weighted by Crippen LogP contribution is 2.32. The predicted octanol–water partition coefficient (Wildman–Crippen LogP) is 5.87. The molecule has 2 aromatic carbocycles. The molecule has 0 bridgehead atoms. The van der Waals surface area contributed by atoms with Gasteiger partial charge in [0.1, 0.15) is 0 Å². The van der Waals surface area contributed by atoms with Crippen LogP contribution in [0.2, 0.25) is 15.1 Å². The fraction of sp³-hybridized carbons (Fsp3) is 0.0588. The third kappa shape index (κ3) is 3.00. The van der Waals surface area contributed by atoms with E-state index < -0.39 is 5.97 Å². The Morgan fingerprint density at radius 1 is 1.04 bits per heavy atom. The number of carboxylic acids is 1. The Morgan fingerprint density at radius 2 is 1.78 bits per heavy atom. The van der Waals surface area contributed by atoms with Crippen molar-refractivity contribution < 1.29 is 9.90 Å². The van der Waals surface area contributed by atoms with Gasteiger partial charge in [0, 0.05) is 16.0 Å². The summed E-state index contributed by atoms with van der Waals surface area (Å²) < 4.78 is 0. The highest BCUT2D eigenvalue weighted by molar-refractivity contribution is 6.42. The van der Waals surface area contributed by atoms with Gasteiger partial charge in [0.05, 0.1) is 26.8 Å². The Labute approximate surface area is 147 Å². The molecule has 116 valence electrons. The van der Waals surface area contributed by atoms with Gasteiger partial charge in [-0.1, -0.05) is 40.9 Å². The molecule has 0 unspecified atom stereocenters. The van der Waals surface area contributed by atoms with E-state index in [1.807, 2.05) is 6.92 Å². The quantitative estimate of drug-likeness (QED) is 0.617. The lowest BCUT2D eigenvalue weighted by molar-refractivity contribution is 0.0699. The Morgan fingerprint density at radius 3 is 2.43 bits per heavy atom. The number of pyridine rings is 1. The number of carboxylic acid groups (broad SMARTS) is 1. The number of aromatic carboxylic acids is 1. The van der Waals surface area contributed by atoms with E-state index >= 15 is 0 Å². The van der Waals surface area contributed by atoms with Crippen LogP contribution in [0.1, 0.15) is 15.9 Å². The molecule has 0 aliphatic rings. The molecule has 0 aliphatic heterocycles. The lowest BCUT2D eigenvalue weighted by atomic mass is 10.0. The van der Waals surface area contributed by atoms with Gasteiger partial charge < -0.3 is 5.11 Å². The molecule has 0 saturated heterocycles. The van der Waals surface area contributed by atoms with Crippen LogP contribution in [0.25, 0.3) is 22.2 Å². The second-order valence-corrected chi connectivity index (χ2v) is 6.36. The van der Waals surface area contributed by atoms with Gasteiger partial charge in [0.25, 0.3) is 0 Å². The van der Waals surface area contributed by atoms with Gasteiger partial charge in [0.2, 0.25) is 0 Å². The first-order valence-electron chi connectivity index (χ1n) is 6.66. The molecule has 0 aliphatic carbocycles. The molecule has 1 N–H and O–H groups in total. The first-order chi connectivity index (χ1) is 10.9. The molecular formula is C17H10Cl3NO2. The zero-order chi connectivity index (χ0) is 16.7. The lowest BCUT2D eigenvalue weighted by Crippen LogP contribution is -2.01. The molecule has 0 amide bonds. The van der Waals surface area contributed by atoms with Gasteiger partial charge in [-0.3, -0.25) is 0 Å². The molecule has 0 fully saturated rings. The second kappa shape index (κ2) is 6.00. The van der Waals surface area contributed by atoms with Crippen LogP contribution < -0.4 is 0 Å². The third-order valence-electron chi connectivity index (χ3n) is 3.51. The van der Waals surface area contributed by atoms with Crippen LogP contribution in [-0.2, 0) is 0 Å². The maximum atomic E-state index is 11.6. The Hall–Kier alpha value is -1.81. The van der Waals surface area contributed by atoms with E-state index in [1.165, 1.54) is 6.07 Å². The first-order valence-corrected chi connectivity index (χ1v) is 7.80. The SMILES string of the molecule is Cc1cc(Cl)cc2c(C(=O)O)cc(-c3ccc(Cl)c(Cl)c3)nc12. The van der Waals surface area contributed by atoms with Crippen molar-refractivity contribution in [3.63, 3.8) is 0 Å². The number of carbonyl (C=O) groups is 1. The van der Waals surface area contributed by atoms with Crippen molar-refractivity contribution in [2.75, 3.05) is 0 Å². The van der Waals surface area contributed by atoms with Crippen LogP contribution in [0.5, 0.6) is 0 Å². The zero-order valence-corrected chi connectivity index (χ0v) is 14.2. The third-order valence-corrected chi connectivity index (χ3v) is 4.47. The zero-order valence-electron chi connectivity index (χ0n) is 11.9. The van der Waals surface area contributed by atoms with E-state index in [-0.39, 0.29) is 5.56 Å². The molecule has 3 nitrogen and oxygen atoms in total. The van der Waals surface area contributed by atoms with E-state index in [4.69, 9.17) is 34.8 Å². The highest BCUT2D eigenvalue weighted by atomic mass is 35.5.